The van der Waals surface area contributed by atoms with Crippen molar-refractivity contribution in [3.8, 4) is 0 Å². The number of nitrogens with one attached hydrogen (secondary N) is 1. The van der Waals surface area contributed by atoms with Gasteiger partial charge in [0.25, 0.3) is 0 Å². The summed E-state index contributed by atoms with van der Waals surface area (Å²) in [5.74, 6) is 0.413. The molecule has 15 heavy (non-hydrogen) atoms. The van der Waals surface area contributed by atoms with Gasteiger partial charge in [-0.2, -0.15) is 0 Å². The van der Waals surface area contributed by atoms with Crippen LogP contribution in [0.2, 0.25) is 0 Å². The van der Waals surface area contributed by atoms with E-state index >= 15 is 0 Å². The Morgan fingerprint density at radius 3 is 2.73 bits per heavy atom. The predicted octanol–water partition coefficient (Wildman–Crippen LogP) is 1.39. The maximum absolute atomic E-state index is 12.3. The van der Waals surface area contributed by atoms with E-state index in [2.05, 4.69) is 10.2 Å². The Kier molecular flexibility index (Phi) is 2.86. The van der Waals surface area contributed by atoms with Crippen molar-refractivity contribution in [3.05, 3.63) is 0 Å². The summed E-state index contributed by atoms with van der Waals surface area (Å²) in [7, 11) is 0. The molecule has 0 aliphatic carbocycles. The van der Waals surface area contributed by atoms with E-state index in [0.717, 1.165) is 19.5 Å². The summed E-state index contributed by atoms with van der Waals surface area (Å²) in [6, 6.07) is 0.166. The summed E-state index contributed by atoms with van der Waals surface area (Å²) in [6.07, 6.45) is 3.90. The quantitative estimate of drug-likeness (QED) is 0.710. The number of carbonyl (C=O) groups is 1. The number of rotatable bonds is 1. The average molecular weight is 210 g/mol. The molecule has 2 fully saturated rings. The lowest BCUT2D eigenvalue weighted by atomic mass is 9.82. The Labute approximate surface area is 92.2 Å². The van der Waals surface area contributed by atoms with Gasteiger partial charge in [-0.3, -0.25) is 9.69 Å². The first-order chi connectivity index (χ1) is 7.00. The summed E-state index contributed by atoms with van der Waals surface area (Å²) in [4.78, 5) is 14.7. The highest BCUT2D eigenvalue weighted by Gasteiger charge is 2.40. The molecular formula is C12H22N2O. The van der Waals surface area contributed by atoms with Gasteiger partial charge in [-0.05, 0) is 19.3 Å². The lowest BCUT2D eigenvalue weighted by Crippen LogP contribution is -2.52. The molecule has 86 valence electrons. The number of fused-ring (bicyclic) bond motifs is 1. The topological polar surface area (TPSA) is 32.3 Å². The Balaban J connectivity index is 2.11. The lowest BCUT2D eigenvalue weighted by Gasteiger charge is -2.38. The van der Waals surface area contributed by atoms with Crippen molar-refractivity contribution in [2.75, 3.05) is 13.1 Å². The van der Waals surface area contributed by atoms with Crippen LogP contribution in [-0.2, 0) is 4.79 Å². The molecule has 3 heteroatoms. The van der Waals surface area contributed by atoms with Crippen molar-refractivity contribution in [2.24, 2.45) is 5.41 Å². The molecule has 2 unspecified atom stereocenters. The molecule has 0 spiro atoms. The average Bonchev–Trinajstić information content (AvgIpc) is 2.62. The predicted molar refractivity (Wildman–Crippen MR) is 60.6 cm³/mol. The third-order valence-corrected chi connectivity index (χ3v) is 3.55. The fraction of sp³-hybridized carbons (Fsp3) is 0.917. The van der Waals surface area contributed by atoms with Crippen LogP contribution in [0.3, 0.4) is 0 Å². The minimum atomic E-state index is -0.199. The number of nitrogens with zero attached hydrogens (tertiary/aromatic N) is 1. The Hall–Kier alpha value is -0.410. The molecule has 2 aliphatic rings. The summed E-state index contributed by atoms with van der Waals surface area (Å²) < 4.78 is 0. The highest BCUT2D eigenvalue weighted by Crippen LogP contribution is 2.29. The van der Waals surface area contributed by atoms with Gasteiger partial charge in [0.2, 0.25) is 0 Å². The van der Waals surface area contributed by atoms with Crippen LogP contribution in [0.1, 0.15) is 40.0 Å². The van der Waals surface area contributed by atoms with E-state index in [9.17, 15) is 4.79 Å². The summed E-state index contributed by atoms with van der Waals surface area (Å²) in [5.41, 5.74) is -0.199. The largest absolute Gasteiger partial charge is 0.300 e. The minimum absolute atomic E-state index is 0.166. The number of hydrogen-bond donors (Lipinski definition) is 1. The fourth-order valence-corrected chi connectivity index (χ4v) is 2.73. The number of ketones is 1. The highest BCUT2D eigenvalue weighted by molar-refractivity contribution is 5.88. The van der Waals surface area contributed by atoms with Gasteiger partial charge in [-0.1, -0.05) is 20.8 Å². The second kappa shape index (κ2) is 3.87. The van der Waals surface area contributed by atoms with Crippen LogP contribution in [0, 0.1) is 5.41 Å². The normalized spacial score (nSPS) is 32.7. The van der Waals surface area contributed by atoms with E-state index in [0.29, 0.717) is 11.9 Å². The Bertz CT molecular complexity index is 257. The molecule has 2 rings (SSSR count). The number of piperidine rings is 1. The highest BCUT2D eigenvalue weighted by atomic mass is 16.1. The van der Waals surface area contributed by atoms with Gasteiger partial charge in [-0.15, -0.1) is 0 Å². The Morgan fingerprint density at radius 2 is 2.07 bits per heavy atom. The standard InChI is InChI=1S/C12H22N2O/c1-12(2,3)11(15)9-5-4-6-10-13-7-8-14(9)10/h9-10,13H,4-8H2,1-3H3. The maximum atomic E-state index is 12.3. The molecule has 0 radical (unpaired) electrons. The van der Waals surface area contributed by atoms with Gasteiger partial charge in [0.05, 0.1) is 12.2 Å². The minimum Gasteiger partial charge on any atom is -0.300 e. The van der Waals surface area contributed by atoms with E-state index < -0.39 is 0 Å². The van der Waals surface area contributed by atoms with Gasteiger partial charge in [-0.25, -0.2) is 0 Å². The van der Waals surface area contributed by atoms with Crippen molar-refractivity contribution in [1.82, 2.24) is 10.2 Å². The van der Waals surface area contributed by atoms with Crippen molar-refractivity contribution in [3.63, 3.8) is 0 Å². The molecule has 0 aromatic carbocycles. The first-order valence-corrected chi connectivity index (χ1v) is 6.03. The van der Waals surface area contributed by atoms with E-state index in [1.165, 1.54) is 12.8 Å². The van der Waals surface area contributed by atoms with Gasteiger partial charge in [0.15, 0.2) is 5.78 Å². The molecule has 3 nitrogen and oxygen atoms in total. The van der Waals surface area contributed by atoms with Crippen molar-refractivity contribution >= 4 is 5.78 Å². The zero-order chi connectivity index (χ0) is 11.1. The number of Topliss-reactive ketones (excluding diaryl/α,β-unsaturated/α-hetero) is 1. The van der Waals surface area contributed by atoms with Gasteiger partial charge in [0, 0.05) is 18.5 Å². The van der Waals surface area contributed by atoms with Crippen LogP contribution in [0.4, 0.5) is 0 Å². The van der Waals surface area contributed by atoms with E-state index in [1.54, 1.807) is 0 Å². The van der Waals surface area contributed by atoms with Crippen LogP contribution in [0.5, 0.6) is 0 Å². The molecule has 0 bridgehead atoms. The van der Waals surface area contributed by atoms with Crippen LogP contribution < -0.4 is 5.32 Å². The molecule has 0 aromatic rings. The summed E-state index contributed by atoms with van der Waals surface area (Å²) in [6.45, 7) is 8.17. The lowest BCUT2D eigenvalue weighted by molar-refractivity contribution is -0.133. The van der Waals surface area contributed by atoms with Gasteiger partial charge in [0.1, 0.15) is 0 Å². The zero-order valence-corrected chi connectivity index (χ0v) is 10.0. The van der Waals surface area contributed by atoms with Crippen molar-refractivity contribution < 1.29 is 4.79 Å². The molecule has 2 saturated heterocycles. The maximum Gasteiger partial charge on any atom is 0.155 e. The Morgan fingerprint density at radius 1 is 1.33 bits per heavy atom. The number of carbonyl (C=O) groups excluding carboxylic acids is 1. The van der Waals surface area contributed by atoms with E-state index in [1.807, 2.05) is 20.8 Å². The zero-order valence-electron chi connectivity index (χ0n) is 10.0. The first-order valence-electron chi connectivity index (χ1n) is 6.03. The van der Waals surface area contributed by atoms with Crippen LogP contribution in [0.15, 0.2) is 0 Å². The van der Waals surface area contributed by atoms with E-state index in [4.69, 9.17) is 0 Å². The van der Waals surface area contributed by atoms with Gasteiger partial charge >= 0.3 is 0 Å². The van der Waals surface area contributed by atoms with Crippen molar-refractivity contribution in [1.29, 1.82) is 0 Å². The molecule has 1 N–H and O–H groups in total. The van der Waals surface area contributed by atoms with Crippen molar-refractivity contribution in [2.45, 2.75) is 52.2 Å². The smallest absolute Gasteiger partial charge is 0.155 e. The first kappa shape index (κ1) is 11.1. The second-order valence-corrected chi connectivity index (χ2v) is 5.77. The monoisotopic (exact) mass is 210 g/mol. The summed E-state index contributed by atoms with van der Waals surface area (Å²) in [5, 5.41) is 3.47. The van der Waals surface area contributed by atoms with Gasteiger partial charge < -0.3 is 5.32 Å². The molecular weight excluding hydrogens is 188 g/mol. The van der Waals surface area contributed by atoms with Crippen LogP contribution in [-0.4, -0.2) is 36.0 Å². The molecule has 0 aromatic heterocycles. The fourth-order valence-electron chi connectivity index (χ4n) is 2.73. The summed E-state index contributed by atoms with van der Waals surface area (Å²) >= 11 is 0. The third-order valence-electron chi connectivity index (χ3n) is 3.55. The molecule has 2 heterocycles. The molecule has 0 amide bonds. The number of hydrogen-bond acceptors (Lipinski definition) is 3. The second-order valence-electron chi connectivity index (χ2n) is 5.77. The molecule has 2 atom stereocenters. The molecule has 2 aliphatic heterocycles. The third kappa shape index (κ3) is 2.08. The van der Waals surface area contributed by atoms with Crippen LogP contribution >= 0.6 is 0 Å². The van der Waals surface area contributed by atoms with Crippen LogP contribution in [0.25, 0.3) is 0 Å². The molecule has 0 saturated carbocycles. The van der Waals surface area contributed by atoms with E-state index in [-0.39, 0.29) is 11.5 Å². The SMILES string of the molecule is CC(C)(C)C(=O)C1CCCC2NCCN21.